The van der Waals surface area contributed by atoms with Crippen LogP contribution in [0.4, 0.5) is 4.79 Å². The van der Waals surface area contributed by atoms with Crippen LogP contribution in [0.15, 0.2) is 30.3 Å². The van der Waals surface area contributed by atoms with E-state index < -0.39 is 12.3 Å². The van der Waals surface area contributed by atoms with Crippen LogP contribution < -0.4 is 10.6 Å². The molecule has 6 nitrogen and oxygen atoms in total. The van der Waals surface area contributed by atoms with Gasteiger partial charge in [0.2, 0.25) is 0 Å². The van der Waals surface area contributed by atoms with Gasteiger partial charge < -0.3 is 9.64 Å². The number of carbonyl (C=O) groups is 2. The zero-order chi connectivity index (χ0) is 15.9. The van der Waals surface area contributed by atoms with Gasteiger partial charge in [0.15, 0.2) is 6.17 Å². The predicted octanol–water partition coefficient (Wildman–Crippen LogP) is 1.47. The number of likely N-dealkylation sites (N-methyl/N-ethyl adjacent to an activating group) is 1. The maximum absolute atomic E-state index is 12.2. The molecule has 2 rings (SSSR count). The van der Waals surface area contributed by atoms with E-state index >= 15 is 0 Å². The van der Waals surface area contributed by atoms with E-state index in [9.17, 15) is 9.59 Å². The zero-order valence-corrected chi connectivity index (χ0v) is 13.0. The molecule has 1 fully saturated rings. The molecule has 2 unspecified atom stereocenters. The largest absolute Gasteiger partial charge is 0.445 e. The number of hydrogen-bond acceptors (Lipinski definition) is 4. The van der Waals surface area contributed by atoms with Gasteiger partial charge in [-0.25, -0.2) is 4.79 Å². The van der Waals surface area contributed by atoms with Crippen LogP contribution in [0.3, 0.4) is 0 Å². The fraction of sp³-hybridized carbons (Fsp3) is 0.500. The Morgan fingerprint density at radius 2 is 2.14 bits per heavy atom. The molecule has 1 aliphatic heterocycles. The van der Waals surface area contributed by atoms with E-state index in [2.05, 4.69) is 17.6 Å². The van der Waals surface area contributed by atoms with Crippen LogP contribution in [0.25, 0.3) is 0 Å². The van der Waals surface area contributed by atoms with Gasteiger partial charge in [-0.15, -0.1) is 0 Å². The first-order valence-electron chi connectivity index (χ1n) is 7.58. The molecule has 0 aromatic heterocycles. The monoisotopic (exact) mass is 305 g/mol. The van der Waals surface area contributed by atoms with Gasteiger partial charge in [-0.05, 0) is 18.4 Å². The summed E-state index contributed by atoms with van der Waals surface area (Å²) in [5.74, 6) is -0.146. The highest BCUT2D eigenvalue weighted by atomic mass is 16.5. The SMILES string of the molecule is CCC1CCN(C)C(=O)C(NC(=O)OCc2ccccc2)N1. The molecule has 1 aromatic carbocycles. The van der Waals surface area contributed by atoms with E-state index in [0.717, 1.165) is 18.4 Å². The lowest BCUT2D eigenvalue weighted by Gasteiger charge is -2.22. The third-order valence-corrected chi connectivity index (χ3v) is 3.81. The average Bonchev–Trinajstić information content (AvgIpc) is 2.67. The first-order chi connectivity index (χ1) is 10.6. The molecule has 22 heavy (non-hydrogen) atoms. The van der Waals surface area contributed by atoms with Crippen molar-refractivity contribution < 1.29 is 14.3 Å². The van der Waals surface area contributed by atoms with Gasteiger partial charge in [-0.3, -0.25) is 15.4 Å². The van der Waals surface area contributed by atoms with Crippen molar-refractivity contribution in [2.45, 2.75) is 38.6 Å². The van der Waals surface area contributed by atoms with Crippen molar-refractivity contribution in [1.82, 2.24) is 15.5 Å². The van der Waals surface area contributed by atoms with Crippen molar-refractivity contribution in [3.8, 4) is 0 Å². The lowest BCUT2D eigenvalue weighted by Crippen LogP contribution is -2.55. The van der Waals surface area contributed by atoms with Gasteiger partial charge in [-0.1, -0.05) is 37.3 Å². The maximum Gasteiger partial charge on any atom is 0.409 e. The van der Waals surface area contributed by atoms with Crippen LogP contribution in [-0.4, -0.2) is 42.7 Å². The number of nitrogens with one attached hydrogen (secondary N) is 2. The molecule has 2 N–H and O–H groups in total. The van der Waals surface area contributed by atoms with Crippen LogP contribution in [0.5, 0.6) is 0 Å². The van der Waals surface area contributed by atoms with Crippen molar-refractivity contribution in [2.75, 3.05) is 13.6 Å². The number of benzene rings is 1. The van der Waals surface area contributed by atoms with E-state index in [1.54, 1.807) is 11.9 Å². The van der Waals surface area contributed by atoms with E-state index in [-0.39, 0.29) is 18.6 Å². The predicted molar refractivity (Wildman–Crippen MR) is 83.0 cm³/mol. The second-order valence-corrected chi connectivity index (χ2v) is 5.46. The van der Waals surface area contributed by atoms with Crippen LogP contribution in [0.2, 0.25) is 0 Å². The summed E-state index contributed by atoms with van der Waals surface area (Å²) < 4.78 is 5.16. The number of nitrogens with zero attached hydrogens (tertiary/aromatic N) is 1. The van der Waals surface area contributed by atoms with Crippen LogP contribution >= 0.6 is 0 Å². The van der Waals surface area contributed by atoms with E-state index in [4.69, 9.17) is 4.74 Å². The highest BCUT2D eigenvalue weighted by Gasteiger charge is 2.29. The minimum atomic E-state index is -0.735. The molecule has 120 valence electrons. The van der Waals surface area contributed by atoms with Gasteiger partial charge in [0.25, 0.3) is 5.91 Å². The van der Waals surface area contributed by atoms with E-state index in [1.165, 1.54) is 0 Å². The normalized spacial score (nSPS) is 22.1. The van der Waals surface area contributed by atoms with Crippen molar-refractivity contribution >= 4 is 12.0 Å². The quantitative estimate of drug-likeness (QED) is 0.884. The number of ether oxygens (including phenoxy) is 1. The Balaban J connectivity index is 1.89. The smallest absolute Gasteiger partial charge is 0.409 e. The average molecular weight is 305 g/mol. The Hall–Kier alpha value is -2.08. The topological polar surface area (TPSA) is 70.7 Å². The fourth-order valence-electron chi connectivity index (χ4n) is 2.38. The van der Waals surface area contributed by atoms with Gasteiger partial charge in [0, 0.05) is 19.6 Å². The lowest BCUT2D eigenvalue weighted by atomic mass is 10.1. The van der Waals surface area contributed by atoms with E-state index in [1.807, 2.05) is 30.3 Å². The Morgan fingerprint density at radius 3 is 2.82 bits per heavy atom. The third-order valence-electron chi connectivity index (χ3n) is 3.81. The first kappa shape index (κ1) is 16.3. The summed E-state index contributed by atoms with van der Waals surface area (Å²) in [6, 6.07) is 9.63. The molecule has 2 amide bonds. The fourth-order valence-corrected chi connectivity index (χ4v) is 2.38. The summed E-state index contributed by atoms with van der Waals surface area (Å²) in [6.45, 7) is 2.92. The molecule has 1 aliphatic rings. The number of alkyl carbamates (subject to hydrolysis) is 1. The van der Waals surface area contributed by atoms with Gasteiger partial charge >= 0.3 is 6.09 Å². The summed E-state index contributed by atoms with van der Waals surface area (Å²) in [6.07, 6.45) is 0.439. The third kappa shape index (κ3) is 4.46. The summed E-state index contributed by atoms with van der Waals surface area (Å²) in [5, 5.41) is 5.78. The summed E-state index contributed by atoms with van der Waals surface area (Å²) in [7, 11) is 1.74. The molecule has 0 aliphatic carbocycles. The Kier molecular flexibility index (Phi) is 5.77. The second kappa shape index (κ2) is 7.79. The highest BCUT2D eigenvalue weighted by Crippen LogP contribution is 2.07. The molecule has 1 heterocycles. The molecule has 2 atom stereocenters. The van der Waals surface area contributed by atoms with Crippen molar-refractivity contribution in [1.29, 1.82) is 0 Å². The zero-order valence-electron chi connectivity index (χ0n) is 13.0. The van der Waals surface area contributed by atoms with Crippen molar-refractivity contribution in [2.24, 2.45) is 0 Å². The highest BCUT2D eigenvalue weighted by molar-refractivity contribution is 5.85. The molecule has 0 bridgehead atoms. The van der Waals surface area contributed by atoms with Crippen LogP contribution in [-0.2, 0) is 16.1 Å². The molecule has 0 spiro atoms. The molecule has 1 saturated heterocycles. The minimum absolute atomic E-state index is 0.146. The second-order valence-electron chi connectivity index (χ2n) is 5.46. The maximum atomic E-state index is 12.2. The summed E-state index contributed by atoms with van der Waals surface area (Å²) in [4.78, 5) is 25.7. The Bertz CT molecular complexity index is 507. The summed E-state index contributed by atoms with van der Waals surface area (Å²) in [5.41, 5.74) is 0.904. The lowest BCUT2D eigenvalue weighted by molar-refractivity contribution is -0.132. The molecular weight excluding hydrogens is 282 g/mol. The standard InChI is InChI=1S/C16H23N3O3/c1-3-13-9-10-19(2)15(20)14(17-13)18-16(21)22-11-12-7-5-4-6-8-12/h4-8,13-14,17H,3,9-11H2,1-2H3,(H,18,21). The number of amides is 2. The molecule has 6 heteroatoms. The molecular formula is C16H23N3O3. The minimum Gasteiger partial charge on any atom is -0.445 e. The Labute approximate surface area is 130 Å². The number of carbonyl (C=O) groups excluding carboxylic acids is 2. The first-order valence-corrected chi connectivity index (χ1v) is 7.58. The molecule has 1 aromatic rings. The van der Waals surface area contributed by atoms with Crippen molar-refractivity contribution in [3.05, 3.63) is 35.9 Å². The number of rotatable bonds is 4. The summed E-state index contributed by atoms with van der Waals surface area (Å²) >= 11 is 0. The van der Waals surface area contributed by atoms with Crippen LogP contribution in [0, 0.1) is 0 Å². The van der Waals surface area contributed by atoms with Gasteiger partial charge in [0.05, 0.1) is 0 Å². The van der Waals surface area contributed by atoms with E-state index in [0.29, 0.717) is 6.54 Å². The van der Waals surface area contributed by atoms with Crippen molar-refractivity contribution in [3.63, 3.8) is 0 Å². The Morgan fingerprint density at radius 1 is 1.41 bits per heavy atom. The molecule has 0 saturated carbocycles. The van der Waals surface area contributed by atoms with Crippen LogP contribution in [0.1, 0.15) is 25.3 Å². The number of hydrogen-bond donors (Lipinski definition) is 2. The van der Waals surface area contributed by atoms with Gasteiger partial charge in [-0.2, -0.15) is 0 Å². The van der Waals surface area contributed by atoms with Gasteiger partial charge in [0.1, 0.15) is 6.61 Å². The molecule has 0 radical (unpaired) electrons.